The van der Waals surface area contributed by atoms with E-state index < -0.39 is 0 Å². The molecular weight excluding hydrogens is 414 g/mol. The van der Waals surface area contributed by atoms with E-state index in [0.29, 0.717) is 12.5 Å². The summed E-state index contributed by atoms with van der Waals surface area (Å²) in [4.78, 5) is 19.7. The van der Waals surface area contributed by atoms with Crippen LogP contribution >= 0.6 is 0 Å². The number of ether oxygens (including phenoxy) is 1. The van der Waals surface area contributed by atoms with E-state index in [1.165, 1.54) is 11.1 Å². The second kappa shape index (κ2) is 11.5. The number of hydrogen-bond acceptors (Lipinski definition) is 5. The molecule has 6 nitrogen and oxygen atoms in total. The maximum atomic E-state index is 12.9. The average molecular weight is 452 g/mol. The normalized spacial score (nSPS) is 19.8. The molecule has 2 aliphatic heterocycles. The highest BCUT2D eigenvalue weighted by molar-refractivity contribution is 5.79. The van der Waals surface area contributed by atoms with E-state index in [2.05, 4.69) is 47.9 Å². The highest BCUT2D eigenvalue weighted by Crippen LogP contribution is 2.26. The van der Waals surface area contributed by atoms with E-state index >= 15 is 0 Å². The molecular formula is C27H37N3O3. The van der Waals surface area contributed by atoms with Crippen molar-refractivity contribution in [3.05, 3.63) is 59.6 Å². The van der Waals surface area contributed by atoms with Crippen LogP contribution in [-0.2, 0) is 17.9 Å². The van der Waals surface area contributed by atoms with Gasteiger partial charge < -0.3 is 14.1 Å². The Kier molecular flexibility index (Phi) is 8.24. The number of amides is 1. The van der Waals surface area contributed by atoms with Gasteiger partial charge in [0.05, 0.1) is 12.2 Å². The van der Waals surface area contributed by atoms with Gasteiger partial charge in [-0.1, -0.05) is 12.1 Å². The fourth-order valence-corrected chi connectivity index (χ4v) is 4.91. The van der Waals surface area contributed by atoms with E-state index in [4.69, 9.17) is 9.15 Å². The summed E-state index contributed by atoms with van der Waals surface area (Å²) in [6.45, 7) is 11.8. The zero-order valence-electron chi connectivity index (χ0n) is 20.0. The number of piperidine rings is 1. The largest absolute Gasteiger partial charge is 0.492 e. The van der Waals surface area contributed by atoms with Crippen molar-refractivity contribution in [3.63, 3.8) is 0 Å². The van der Waals surface area contributed by atoms with Gasteiger partial charge in [0.2, 0.25) is 5.91 Å². The first-order valence-corrected chi connectivity index (χ1v) is 12.3. The predicted molar refractivity (Wildman–Crippen MR) is 131 cm³/mol. The SMILES string of the molecule is CCN(CC)C(=O)C1CCCN(Cc2ccc3c(c2)CN(C/C=C/c2ccco2)CCO3)C1. The predicted octanol–water partition coefficient (Wildman–Crippen LogP) is 4.27. The Morgan fingerprint density at radius 3 is 2.85 bits per heavy atom. The van der Waals surface area contributed by atoms with Crippen molar-refractivity contribution in [2.75, 3.05) is 45.9 Å². The molecule has 178 valence electrons. The van der Waals surface area contributed by atoms with Crippen LogP contribution in [0.4, 0.5) is 0 Å². The van der Waals surface area contributed by atoms with Crippen molar-refractivity contribution in [3.8, 4) is 5.75 Å². The molecule has 4 rings (SSSR count). The molecule has 1 aromatic heterocycles. The summed E-state index contributed by atoms with van der Waals surface area (Å²) in [5.74, 6) is 2.31. The number of benzene rings is 1. The first-order valence-electron chi connectivity index (χ1n) is 12.3. The molecule has 0 bridgehead atoms. The molecule has 1 aromatic carbocycles. The topological polar surface area (TPSA) is 49.2 Å². The van der Waals surface area contributed by atoms with Gasteiger partial charge in [-0.25, -0.2) is 0 Å². The third-order valence-corrected chi connectivity index (χ3v) is 6.71. The fourth-order valence-electron chi connectivity index (χ4n) is 4.91. The summed E-state index contributed by atoms with van der Waals surface area (Å²) < 4.78 is 11.4. The lowest BCUT2D eigenvalue weighted by Crippen LogP contribution is -2.44. The van der Waals surface area contributed by atoms with Gasteiger partial charge in [-0.3, -0.25) is 14.6 Å². The number of fused-ring (bicyclic) bond motifs is 1. The lowest BCUT2D eigenvalue weighted by molar-refractivity contribution is -0.137. The van der Waals surface area contributed by atoms with Gasteiger partial charge in [-0.05, 0) is 69.1 Å². The van der Waals surface area contributed by atoms with Gasteiger partial charge in [0.25, 0.3) is 0 Å². The molecule has 2 aliphatic rings. The first kappa shape index (κ1) is 23.6. The van der Waals surface area contributed by atoms with Crippen LogP contribution in [0.1, 0.15) is 43.6 Å². The lowest BCUT2D eigenvalue weighted by Gasteiger charge is -2.34. The van der Waals surface area contributed by atoms with Crippen molar-refractivity contribution in [1.29, 1.82) is 0 Å². The van der Waals surface area contributed by atoms with Crippen molar-refractivity contribution < 1.29 is 13.9 Å². The zero-order chi connectivity index (χ0) is 23.0. The second-order valence-electron chi connectivity index (χ2n) is 9.03. The van der Waals surface area contributed by atoms with Crippen LogP contribution in [0.3, 0.4) is 0 Å². The summed E-state index contributed by atoms with van der Waals surface area (Å²) in [7, 11) is 0. The smallest absolute Gasteiger partial charge is 0.226 e. The van der Waals surface area contributed by atoms with Crippen molar-refractivity contribution in [2.45, 2.75) is 39.8 Å². The van der Waals surface area contributed by atoms with E-state index in [9.17, 15) is 4.79 Å². The molecule has 0 N–H and O–H groups in total. The van der Waals surface area contributed by atoms with Crippen molar-refractivity contribution >= 4 is 12.0 Å². The molecule has 0 spiro atoms. The minimum absolute atomic E-state index is 0.124. The standard InChI is InChI=1S/C27H37N3O3/c1-3-30(4-2)27(31)23-8-5-14-29(20-23)19-22-11-12-26-24(18-22)21-28(15-17-33-26)13-6-9-25-10-7-16-32-25/h6-7,9-12,16,18,23H,3-5,8,13-15,17,19-21H2,1-2H3/b9-6+. The second-order valence-corrected chi connectivity index (χ2v) is 9.03. The molecule has 33 heavy (non-hydrogen) atoms. The number of likely N-dealkylation sites (tertiary alicyclic amines) is 1. The van der Waals surface area contributed by atoms with Crippen LogP contribution in [0.5, 0.6) is 5.75 Å². The van der Waals surface area contributed by atoms with E-state index in [1.54, 1.807) is 6.26 Å². The molecule has 1 saturated heterocycles. The van der Waals surface area contributed by atoms with Crippen molar-refractivity contribution in [1.82, 2.24) is 14.7 Å². The Morgan fingerprint density at radius 1 is 1.18 bits per heavy atom. The fraction of sp³-hybridized carbons (Fsp3) is 0.519. The van der Waals surface area contributed by atoms with E-state index in [-0.39, 0.29) is 5.92 Å². The lowest BCUT2D eigenvalue weighted by atomic mass is 9.95. The van der Waals surface area contributed by atoms with Gasteiger partial charge in [0, 0.05) is 51.4 Å². The minimum atomic E-state index is 0.124. The quantitative estimate of drug-likeness (QED) is 0.600. The van der Waals surface area contributed by atoms with Crippen molar-refractivity contribution in [2.24, 2.45) is 5.92 Å². The van der Waals surface area contributed by atoms with E-state index in [1.807, 2.05) is 23.1 Å². The molecule has 1 unspecified atom stereocenters. The average Bonchev–Trinajstić information content (AvgIpc) is 3.26. The van der Waals surface area contributed by atoms with Crippen LogP contribution in [0.25, 0.3) is 6.08 Å². The molecule has 0 radical (unpaired) electrons. The molecule has 1 amide bonds. The Bertz CT molecular complexity index is 921. The number of carbonyl (C=O) groups excluding carboxylic acids is 1. The number of hydrogen-bond donors (Lipinski definition) is 0. The molecule has 3 heterocycles. The summed E-state index contributed by atoms with van der Waals surface area (Å²) in [5.41, 5.74) is 2.53. The summed E-state index contributed by atoms with van der Waals surface area (Å²) in [6, 6.07) is 10.5. The van der Waals surface area contributed by atoms with Gasteiger partial charge >= 0.3 is 0 Å². The third-order valence-electron chi connectivity index (χ3n) is 6.71. The van der Waals surface area contributed by atoms with Gasteiger partial charge in [0.15, 0.2) is 0 Å². The Labute approximate surface area is 197 Å². The molecule has 0 aliphatic carbocycles. The Morgan fingerprint density at radius 2 is 2.06 bits per heavy atom. The number of carbonyl (C=O) groups is 1. The number of furan rings is 1. The molecule has 1 fully saturated rings. The van der Waals surface area contributed by atoms with Crippen LogP contribution in [0, 0.1) is 5.92 Å². The molecule has 1 atom stereocenters. The third kappa shape index (κ3) is 6.27. The molecule has 6 heteroatoms. The maximum Gasteiger partial charge on any atom is 0.226 e. The zero-order valence-corrected chi connectivity index (χ0v) is 20.0. The summed E-state index contributed by atoms with van der Waals surface area (Å²) >= 11 is 0. The van der Waals surface area contributed by atoms with Gasteiger partial charge in [0.1, 0.15) is 18.1 Å². The number of rotatable bonds is 8. The minimum Gasteiger partial charge on any atom is -0.492 e. The van der Waals surface area contributed by atoms with Crippen LogP contribution < -0.4 is 4.74 Å². The monoisotopic (exact) mass is 451 g/mol. The van der Waals surface area contributed by atoms with Crippen LogP contribution in [0.2, 0.25) is 0 Å². The highest BCUT2D eigenvalue weighted by atomic mass is 16.5. The first-order chi connectivity index (χ1) is 16.2. The van der Waals surface area contributed by atoms with Gasteiger partial charge in [-0.15, -0.1) is 0 Å². The maximum absolute atomic E-state index is 12.9. The Balaban J connectivity index is 1.37. The Hall–Kier alpha value is -2.57. The summed E-state index contributed by atoms with van der Waals surface area (Å²) in [6.07, 6.45) is 7.96. The van der Waals surface area contributed by atoms with Crippen LogP contribution in [-0.4, -0.2) is 66.5 Å². The highest BCUT2D eigenvalue weighted by Gasteiger charge is 2.28. The molecule has 0 saturated carbocycles. The number of nitrogens with zero attached hydrogens (tertiary/aromatic N) is 3. The summed E-state index contributed by atoms with van der Waals surface area (Å²) in [5, 5.41) is 0. The van der Waals surface area contributed by atoms with Crippen LogP contribution in [0.15, 0.2) is 47.1 Å². The molecule has 2 aromatic rings. The van der Waals surface area contributed by atoms with E-state index in [0.717, 1.165) is 76.7 Å². The van der Waals surface area contributed by atoms with Gasteiger partial charge in [-0.2, -0.15) is 0 Å².